The summed E-state index contributed by atoms with van der Waals surface area (Å²) in [5.41, 5.74) is 0.134. The molecular formula is C12H15ClN2O3. The second-order valence-corrected chi connectivity index (χ2v) is 4.50. The van der Waals surface area contributed by atoms with E-state index in [9.17, 15) is 14.7 Å². The fourth-order valence-corrected chi connectivity index (χ4v) is 1.61. The van der Waals surface area contributed by atoms with E-state index in [-0.39, 0.29) is 22.2 Å². The first-order chi connectivity index (χ1) is 8.32. The minimum atomic E-state index is -0.661. The van der Waals surface area contributed by atoms with E-state index < -0.39 is 11.9 Å². The number of phenols is 1. The smallest absolute Gasteiger partial charge is 0.253 e. The van der Waals surface area contributed by atoms with Crippen LogP contribution in [-0.4, -0.2) is 42.0 Å². The highest BCUT2D eigenvalue weighted by atomic mass is 35.5. The maximum atomic E-state index is 11.9. The highest BCUT2D eigenvalue weighted by Gasteiger charge is 2.19. The topological polar surface area (TPSA) is 69.6 Å². The second kappa shape index (κ2) is 5.73. The normalized spacial score (nSPS) is 11.8. The summed E-state index contributed by atoms with van der Waals surface area (Å²) in [6.45, 7) is 1.58. The molecule has 1 atom stereocenters. The third-order valence-electron chi connectivity index (χ3n) is 2.35. The average molecular weight is 271 g/mol. The number of nitrogens with one attached hydrogen (secondary N) is 1. The molecule has 0 saturated heterocycles. The minimum absolute atomic E-state index is 0.0591. The van der Waals surface area contributed by atoms with Crippen LogP contribution in [0.15, 0.2) is 18.2 Å². The van der Waals surface area contributed by atoms with Crippen molar-refractivity contribution in [2.24, 2.45) is 0 Å². The van der Waals surface area contributed by atoms with Gasteiger partial charge in [-0.1, -0.05) is 11.6 Å². The minimum Gasteiger partial charge on any atom is -0.508 e. The number of halogens is 1. The average Bonchev–Trinajstić information content (AvgIpc) is 2.30. The van der Waals surface area contributed by atoms with Gasteiger partial charge in [-0.3, -0.25) is 9.59 Å². The number of nitrogens with zero attached hydrogens (tertiary/aromatic N) is 1. The third-order valence-corrected chi connectivity index (χ3v) is 2.68. The first kappa shape index (κ1) is 14.3. The third kappa shape index (κ3) is 3.37. The van der Waals surface area contributed by atoms with Crippen molar-refractivity contribution >= 4 is 23.4 Å². The summed E-state index contributed by atoms with van der Waals surface area (Å²) < 4.78 is 0. The number of hydrogen-bond donors (Lipinski definition) is 2. The van der Waals surface area contributed by atoms with Crippen LogP contribution in [0.2, 0.25) is 5.02 Å². The highest BCUT2D eigenvalue weighted by molar-refractivity contribution is 6.33. The van der Waals surface area contributed by atoms with Crippen LogP contribution in [0.1, 0.15) is 17.3 Å². The van der Waals surface area contributed by atoms with Crippen LogP contribution in [0.25, 0.3) is 0 Å². The van der Waals surface area contributed by atoms with Gasteiger partial charge in [-0.15, -0.1) is 0 Å². The van der Waals surface area contributed by atoms with Gasteiger partial charge in [0.1, 0.15) is 11.8 Å². The van der Waals surface area contributed by atoms with Crippen molar-refractivity contribution in [1.82, 2.24) is 10.2 Å². The summed E-state index contributed by atoms with van der Waals surface area (Å²) in [6.07, 6.45) is 0. The van der Waals surface area contributed by atoms with Gasteiger partial charge in [0.25, 0.3) is 5.91 Å². The quantitative estimate of drug-likeness (QED) is 0.869. The zero-order chi connectivity index (χ0) is 13.9. The van der Waals surface area contributed by atoms with Gasteiger partial charge in [0.2, 0.25) is 5.91 Å². The molecule has 1 aromatic carbocycles. The van der Waals surface area contributed by atoms with Gasteiger partial charge in [-0.2, -0.15) is 0 Å². The van der Waals surface area contributed by atoms with E-state index in [1.165, 1.54) is 23.1 Å². The Morgan fingerprint density at radius 2 is 2.00 bits per heavy atom. The highest BCUT2D eigenvalue weighted by Crippen LogP contribution is 2.21. The number of carbonyl (C=O) groups is 2. The van der Waals surface area contributed by atoms with Gasteiger partial charge in [0.15, 0.2) is 0 Å². The van der Waals surface area contributed by atoms with Crippen molar-refractivity contribution in [3.63, 3.8) is 0 Å². The van der Waals surface area contributed by atoms with Crippen LogP contribution in [-0.2, 0) is 4.79 Å². The summed E-state index contributed by atoms with van der Waals surface area (Å²) in [5, 5.41) is 12.0. The standard InChI is InChI=1S/C12H15ClN2O3/c1-7(12(18)15(2)3)14-11(17)9-6-8(16)4-5-10(9)13/h4-7,16H,1-3H3,(H,14,17). The lowest BCUT2D eigenvalue weighted by atomic mass is 10.2. The molecule has 0 aliphatic heterocycles. The van der Waals surface area contributed by atoms with Crippen LogP contribution in [0.3, 0.4) is 0 Å². The fourth-order valence-electron chi connectivity index (χ4n) is 1.41. The Balaban J connectivity index is 2.83. The SMILES string of the molecule is CC(NC(=O)c1cc(O)ccc1Cl)C(=O)N(C)C. The molecule has 0 spiro atoms. The molecule has 0 aliphatic carbocycles. The van der Waals surface area contributed by atoms with Crippen molar-refractivity contribution in [2.45, 2.75) is 13.0 Å². The Morgan fingerprint density at radius 1 is 1.39 bits per heavy atom. The summed E-state index contributed by atoms with van der Waals surface area (Å²) in [4.78, 5) is 24.9. The Labute approximate surface area is 110 Å². The molecule has 0 aromatic heterocycles. The number of likely N-dealkylation sites (N-methyl/N-ethyl adjacent to an activating group) is 1. The molecule has 0 saturated carbocycles. The van der Waals surface area contributed by atoms with E-state index in [0.717, 1.165) is 0 Å². The molecule has 1 aromatic rings. The van der Waals surface area contributed by atoms with E-state index >= 15 is 0 Å². The monoisotopic (exact) mass is 270 g/mol. The number of carbonyl (C=O) groups excluding carboxylic acids is 2. The Hall–Kier alpha value is -1.75. The summed E-state index contributed by atoms with van der Waals surface area (Å²) in [5.74, 6) is -0.783. The predicted molar refractivity (Wildman–Crippen MR) is 68.7 cm³/mol. The first-order valence-electron chi connectivity index (χ1n) is 5.33. The zero-order valence-corrected chi connectivity index (χ0v) is 11.2. The molecule has 0 heterocycles. The number of hydrogen-bond acceptors (Lipinski definition) is 3. The molecule has 6 heteroatoms. The van der Waals surface area contributed by atoms with Gasteiger partial charge in [-0.25, -0.2) is 0 Å². The molecule has 0 bridgehead atoms. The summed E-state index contributed by atoms with van der Waals surface area (Å²) >= 11 is 5.85. The van der Waals surface area contributed by atoms with E-state index in [1.807, 2.05) is 0 Å². The summed E-state index contributed by atoms with van der Waals surface area (Å²) in [6, 6.07) is 3.40. The molecule has 98 valence electrons. The van der Waals surface area contributed by atoms with Gasteiger partial charge < -0.3 is 15.3 Å². The van der Waals surface area contributed by atoms with Crippen LogP contribution >= 0.6 is 11.6 Å². The molecule has 0 radical (unpaired) electrons. The molecule has 2 N–H and O–H groups in total. The van der Waals surface area contributed by atoms with Crippen molar-refractivity contribution in [3.05, 3.63) is 28.8 Å². The molecule has 2 amide bonds. The number of phenolic OH excluding ortho intramolecular Hbond substituents is 1. The predicted octanol–water partition coefficient (Wildman–Crippen LogP) is 1.25. The molecule has 0 aliphatic rings. The van der Waals surface area contributed by atoms with E-state index in [1.54, 1.807) is 21.0 Å². The molecule has 5 nitrogen and oxygen atoms in total. The van der Waals surface area contributed by atoms with Crippen molar-refractivity contribution in [2.75, 3.05) is 14.1 Å². The lowest BCUT2D eigenvalue weighted by molar-refractivity contribution is -0.130. The molecule has 18 heavy (non-hydrogen) atoms. The van der Waals surface area contributed by atoms with E-state index in [2.05, 4.69) is 5.32 Å². The lowest BCUT2D eigenvalue weighted by Gasteiger charge is -2.18. The Morgan fingerprint density at radius 3 is 2.56 bits per heavy atom. The molecular weight excluding hydrogens is 256 g/mol. The van der Waals surface area contributed by atoms with Gasteiger partial charge in [0.05, 0.1) is 10.6 Å². The molecule has 1 rings (SSSR count). The maximum Gasteiger partial charge on any atom is 0.253 e. The van der Waals surface area contributed by atoms with Crippen molar-refractivity contribution in [1.29, 1.82) is 0 Å². The van der Waals surface area contributed by atoms with Gasteiger partial charge in [-0.05, 0) is 25.1 Å². The molecule has 1 unspecified atom stereocenters. The molecule has 0 fully saturated rings. The largest absolute Gasteiger partial charge is 0.508 e. The lowest BCUT2D eigenvalue weighted by Crippen LogP contribution is -2.44. The van der Waals surface area contributed by atoms with Crippen molar-refractivity contribution < 1.29 is 14.7 Å². The zero-order valence-electron chi connectivity index (χ0n) is 10.4. The Kier molecular flexibility index (Phi) is 4.55. The number of rotatable bonds is 3. The van der Waals surface area contributed by atoms with Crippen LogP contribution < -0.4 is 5.32 Å². The maximum absolute atomic E-state index is 11.9. The number of aromatic hydroxyl groups is 1. The summed E-state index contributed by atoms with van der Waals surface area (Å²) in [7, 11) is 3.21. The van der Waals surface area contributed by atoms with Crippen LogP contribution in [0, 0.1) is 0 Å². The van der Waals surface area contributed by atoms with Gasteiger partial charge >= 0.3 is 0 Å². The van der Waals surface area contributed by atoms with Crippen molar-refractivity contribution in [3.8, 4) is 5.75 Å². The van der Waals surface area contributed by atoms with E-state index in [4.69, 9.17) is 11.6 Å². The number of benzene rings is 1. The number of amides is 2. The van der Waals surface area contributed by atoms with Crippen LogP contribution in [0.5, 0.6) is 5.75 Å². The van der Waals surface area contributed by atoms with Crippen LogP contribution in [0.4, 0.5) is 0 Å². The Bertz CT molecular complexity index is 474. The first-order valence-corrected chi connectivity index (χ1v) is 5.71. The van der Waals surface area contributed by atoms with Gasteiger partial charge in [0, 0.05) is 14.1 Å². The van der Waals surface area contributed by atoms with E-state index in [0.29, 0.717) is 0 Å². The fraction of sp³-hybridized carbons (Fsp3) is 0.333. The second-order valence-electron chi connectivity index (χ2n) is 4.09.